The average Bonchev–Trinajstić information content (AvgIpc) is 3.07. The lowest BCUT2D eigenvalue weighted by Crippen LogP contribution is -2.49. The van der Waals surface area contributed by atoms with Gasteiger partial charge in [0.05, 0.1) is 19.4 Å². The van der Waals surface area contributed by atoms with Gasteiger partial charge < -0.3 is 14.6 Å². The van der Waals surface area contributed by atoms with Crippen LogP contribution >= 0.6 is 11.6 Å². The fourth-order valence-electron chi connectivity index (χ4n) is 2.69. The highest BCUT2D eigenvalue weighted by Gasteiger charge is 2.19. The summed E-state index contributed by atoms with van der Waals surface area (Å²) < 4.78 is 5.20. The van der Waals surface area contributed by atoms with E-state index in [-0.39, 0.29) is 5.91 Å². The number of carbonyl (C=O) groups is 1. The van der Waals surface area contributed by atoms with Crippen LogP contribution < -0.4 is 10.2 Å². The zero-order valence-electron chi connectivity index (χ0n) is 12.9. The Hall–Kier alpha value is -1.98. The number of hydrogen-bond donors (Lipinski definition) is 1. The van der Waals surface area contributed by atoms with Gasteiger partial charge in [0, 0.05) is 36.9 Å². The van der Waals surface area contributed by atoms with Gasteiger partial charge in [-0.2, -0.15) is 0 Å². The van der Waals surface area contributed by atoms with Gasteiger partial charge in [0.15, 0.2) is 0 Å². The molecule has 1 N–H and O–H groups in total. The Bertz CT molecular complexity index is 637. The van der Waals surface area contributed by atoms with Crippen LogP contribution in [0.3, 0.4) is 0 Å². The molecule has 6 heteroatoms. The number of amides is 1. The number of furan rings is 1. The van der Waals surface area contributed by atoms with E-state index in [1.165, 1.54) is 0 Å². The molecule has 0 spiro atoms. The zero-order chi connectivity index (χ0) is 16.1. The summed E-state index contributed by atoms with van der Waals surface area (Å²) in [5.41, 5.74) is 1.14. The molecule has 1 saturated heterocycles. The molecule has 122 valence electrons. The van der Waals surface area contributed by atoms with Crippen LogP contribution in [-0.2, 0) is 11.3 Å². The lowest BCUT2D eigenvalue weighted by Gasteiger charge is -2.35. The van der Waals surface area contributed by atoms with Gasteiger partial charge in [-0.1, -0.05) is 17.7 Å². The maximum Gasteiger partial charge on any atom is 0.234 e. The summed E-state index contributed by atoms with van der Waals surface area (Å²) in [6.07, 6.45) is 1.61. The topological polar surface area (TPSA) is 48.7 Å². The van der Waals surface area contributed by atoms with E-state index in [2.05, 4.69) is 21.2 Å². The highest BCUT2D eigenvalue weighted by molar-refractivity contribution is 6.30. The molecule has 1 amide bonds. The highest BCUT2D eigenvalue weighted by atomic mass is 35.5. The molecule has 2 aromatic rings. The second-order valence-electron chi connectivity index (χ2n) is 5.60. The molecule has 1 fully saturated rings. The van der Waals surface area contributed by atoms with E-state index in [0.717, 1.165) is 42.6 Å². The van der Waals surface area contributed by atoms with Gasteiger partial charge in [0.1, 0.15) is 5.76 Å². The van der Waals surface area contributed by atoms with Crippen LogP contribution in [0.4, 0.5) is 5.69 Å². The third-order valence-electron chi connectivity index (χ3n) is 3.95. The van der Waals surface area contributed by atoms with Crippen molar-refractivity contribution in [2.45, 2.75) is 6.54 Å². The minimum atomic E-state index is 0.0256. The second-order valence-corrected chi connectivity index (χ2v) is 6.04. The molecule has 1 aromatic carbocycles. The lowest BCUT2D eigenvalue weighted by molar-refractivity contribution is -0.122. The van der Waals surface area contributed by atoms with E-state index < -0.39 is 0 Å². The number of rotatable bonds is 5. The first-order chi connectivity index (χ1) is 11.2. The number of nitrogens with zero attached hydrogens (tertiary/aromatic N) is 2. The molecule has 3 rings (SSSR count). The number of piperazine rings is 1. The molecule has 0 bridgehead atoms. The summed E-state index contributed by atoms with van der Waals surface area (Å²) in [5.74, 6) is 0.793. The number of benzene rings is 1. The fourth-order valence-corrected chi connectivity index (χ4v) is 2.88. The van der Waals surface area contributed by atoms with E-state index in [9.17, 15) is 4.79 Å². The van der Waals surface area contributed by atoms with Crippen molar-refractivity contribution in [1.82, 2.24) is 10.2 Å². The Morgan fingerprint density at radius 1 is 1.17 bits per heavy atom. The summed E-state index contributed by atoms with van der Waals surface area (Å²) >= 11 is 6.04. The predicted octanol–water partition coefficient (Wildman–Crippen LogP) is 2.37. The summed E-state index contributed by atoms with van der Waals surface area (Å²) in [5, 5.41) is 3.63. The summed E-state index contributed by atoms with van der Waals surface area (Å²) in [7, 11) is 0. The van der Waals surface area contributed by atoms with E-state index >= 15 is 0 Å². The van der Waals surface area contributed by atoms with Gasteiger partial charge >= 0.3 is 0 Å². The smallest absolute Gasteiger partial charge is 0.234 e. The number of carbonyl (C=O) groups excluding carboxylic acids is 1. The van der Waals surface area contributed by atoms with Crippen molar-refractivity contribution in [3.05, 3.63) is 53.4 Å². The molecule has 1 aliphatic rings. The minimum absolute atomic E-state index is 0.0256. The molecule has 2 heterocycles. The number of nitrogens with one attached hydrogen (secondary N) is 1. The quantitative estimate of drug-likeness (QED) is 0.912. The Morgan fingerprint density at radius 3 is 2.70 bits per heavy atom. The van der Waals surface area contributed by atoms with Crippen molar-refractivity contribution in [3.8, 4) is 0 Å². The molecule has 23 heavy (non-hydrogen) atoms. The first kappa shape index (κ1) is 15.9. The third-order valence-corrected chi connectivity index (χ3v) is 4.19. The van der Waals surface area contributed by atoms with E-state index in [1.807, 2.05) is 30.3 Å². The first-order valence-corrected chi connectivity index (χ1v) is 8.10. The Balaban J connectivity index is 1.43. The van der Waals surface area contributed by atoms with Crippen LogP contribution in [0.25, 0.3) is 0 Å². The normalized spacial score (nSPS) is 15.6. The highest BCUT2D eigenvalue weighted by Crippen LogP contribution is 2.20. The lowest BCUT2D eigenvalue weighted by atomic mass is 10.2. The van der Waals surface area contributed by atoms with Gasteiger partial charge in [-0.3, -0.25) is 9.69 Å². The van der Waals surface area contributed by atoms with E-state index in [4.69, 9.17) is 16.0 Å². The van der Waals surface area contributed by atoms with Crippen molar-refractivity contribution in [1.29, 1.82) is 0 Å². The minimum Gasteiger partial charge on any atom is -0.467 e. The van der Waals surface area contributed by atoms with E-state index in [1.54, 1.807) is 6.26 Å². The number of anilines is 1. The molecule has 5 nitrogen and oxygen atoms in total. The first-order valence-electron chi connectivity index (χ1n) is 7.73. The summed E-state index contributed by atoms with van der Waals surface area (Å²) in [4.78, 5) is 16.4. The van der Waals surface area contributed by atoms with E-state index in [0.29, 0.717) is 13.1 Å². The van der Waals surface area contributed by atoms with Gasteiger partial charge in [-0.15, -0.1) is 0 Å². The van der Waals surface area contributed by atoms with Gasteiger partial charge in [-0.25, -0.2) is 0 Å². The zero-order valence-corrected chi connectivity index (χ0v) is 13.6. The monoisotopic (exact) mass is 333 g/mol. The van der Waals surface area contributed by atoms with Crippen LogP contribution in [0.15, 0.2) is 47.1 Å². The fraction of sp³-hybridized carbons (Fsp3) is 0.353. The molecular formula is C17H20ClN3O2. The van der Waals surface area contributed by atoms with Crippen LogP contribution in [0.2, 0.25) is 5.02 Å². The molecule has 1 aliphatic heterocycles. The van der Waals surface area contributed by atoms with Gasteiger partial charge in [-0.05, 0) is 30.3 Å². The molecule has 1 aromatic heterocycles. The second kappa shape index (κ2) is 7.53. The van der Waals surface area contributed by atoms with Crippen molar-refractivity contribution < 1.29 is 9.21 Å². The standard InChI is InChI=1S/C17H20ClN3O2/c18-14-3-1-4-15(11-14)21-8-6-20(7-9-21)13-17(22)19-12-16-5-2-10-23-16/h1-5,10-11H,6-9,12-13H2,(H,19,22). The Labute approximate surface area is 140 Å². The molecule has 0 saturated carbocycles. The van der Waals surface area contributed by atoms with Crippen molar-refractivity contribution >= 4 is 23.2 Å². The number of hydrogen-bond acceptors (Lipinski definition) is 4. The van der Waals surface area contributed by atoms with Crippen LogP contribution in [0.5, 0.6) is 0 Å². The maximum absolute atomic E-state index is 12.0. The molecule has 0 unspecified atom stereocenters. The van der Waals surface area contributed by atoms with Gasteiger partial charge in [0.25, 0.3) is 0 Å². The van der Waals surface area contributed by atoms with Crippen LogP contribution in [0.1, 0.15) is 5.76 Å². The molecule has 0 aliphatic carbocycles. The average molecular weight is 334 g/mol. The molecule has 0 radical (unpaired) electrons. The Kier molecular flexibility index (Phi) is 5.20. The number of halogens is 1. The van der Waals surface area contributed by atoms with Crippen molar-refractivity contribution in [2.24, 2.45) is 0 Å². The SMILES string of the molecule is O=C(CN1CCN(c2cccc(Cl)c2)CC1)NCc1ccco1. The Morgan fingerprint density at radius 2 is 2.00 bits per heavy atom. The van der Waals surface area contributed by atoms with Crippen molar-refractivity contribution in [3.63, 3.8) is 0 Å². The van der Waals surface area contributed by atoms with Gasteiger partial charge in [0.2, 0.25) is 5.91 Å². The summed E-state index contributed by atoms with van der Waals surface area (Å²) in [6.45, 7) is 4.37. The molecule has 0 atom stereocenters. The van der Waals surface area contributed by atoms with Crippen LogP contribution in [-0.4, -0.2) is 43.5 Å². The van der Waals surface area contributed by atoms with Crippen LogP contribution in [0, 0.1) is 0 Å². The molecular weight excluding hydrogens is 314 g/mol. The summed E-state index contributed by atoms with van der Waals surface area (Å²) in [6, 6.07) is 11.6. The van der Waals surface area contributed by atoms with Crippen molar-refractivity contribution in [2.75, 3.05) is 37.6 Å². The predicted molar refractivity (Wildman–Crippen MR) is 90.7 cm³/mol. The third kappa shape index (κ3) is 4.50. The maximum atomic E-state index is 12.0. The largest absolute Gasteiger partial charge is 0.467 e.